The van der Waals surface area contributed by atoms with Gasteiger partial charge in [0.2, 0.25) is 5.91 Å². The van der Waals surface area contributed by atoms with E-state index in [2.05, 4.69) is 10.3 Å². The molecule has 1 N–H and O–H groups in total. The van der Waals surface area contributed by atoms with E-state index in [0.717, 1.165) is 10.5 Å². The van der Waals surface area contributed by atoms with Gasteiger partial charge in [-0.1, -0.05) is 17.7 Å². The predicted molar refractivity (Wildman–Crippen MR) is 82.9 cm³/mol. The number of nitrogens with one attached hydrogen (secondary N) is 1. The summed E-state index contributed by atoms with van der Waals surface area (Å²) < 4.78 is 0. The molecule has 0 unspecified atom stereocenters. The lowest BCUT2D eigenvalue weighted by atomic mass is 10.3. The van der Waals surface area contributed by atoms with Crippen LogP contribution in [-0.2, 0) is 11.3 Å². The lowest BCUT2D eigenvalue weighted by molar-refractivity contribution is -0.120. The first-order valence-electron chi connectivity index (χ1n) is 6.24. The van der Waals surface area contributed by atoms with E-state index in [4.69, 9.17) is 11.6 Å². The second kappa shape index (κ2) is 7.31. The second-order valence-electron chi connectivity index (χ2n) is 4.29. The van der Waals surface area contributed by atoms with Gasteiger partial charge in [-0.2, -0.15) is 0 Å². The fourth-order valence-electron chi connectivity index (χ4n) is 1.61. The van der Waals surface area contributed by atoms with Crippen LogP contribution in [0.3, 0.4) is 0 Å². The van der Waals surface area contributed by atoms with Gasteiger partial charge in [0.1, 0.15) is 0 Å². The molecule has 0 bridgehead atoms. The number of carbonyl (C=O) groups excluding carboxylic acids is 1. The van der Waals surface area contributed by atoms with E-state index in [0.29, 0.717) is 11.6 Å². The molecule has 0 aliphatic rings. The van der Waals surface area contributed by atoms with E-state index in [1.807, 2.05) is 43.3 Å². The van der Waals surface area contributed by atoms with Gasteiger partial charge in [-0.05, 0) is 42.8 Å². The smallest absolute Gasteiger partial charge is 0.233 e. The van der Waals surface area contributed by atoms with Crippen molar-refractivity contribution in [1.29, 1.82) is 0 Å². The molecule has 0 saturated carbocycles. The molecule has 20 heavy (non-hydrogen) atoms. The maximum atomic E-state index is 12.0. The Labute approximate surface area is 127 Å². The number of thioether (sulfide) groups is 1. The minimum Gasteiger partial charge on any atom is -0.351 e. The highest BCUT2D eigenvalue weighted by Gasteiger charge is 2.13. The number of halogens is 1. The van der Waals surface area contributed by atoms with Gasteiger partial charge in [-0.3, -0.25) is 9.78 Å². The maximum Gasteiger partial charge on any atom is 0.233 e. The molecule has 1 aromatic heterocycles. The summed E-state index contributed by atoms with van der Waals surface area (Å²) in [4.78, 5) is 17.1. The van der Waals surface area contributed by atoms with Gasteiger partial charge >= 0.3 is 0 Å². The summed E-state index contributed by atoms with van der Waals surface area (Å²) in [6, 6.07) is 11.3. The van der Waals surface area contributed by atoms with Crippen LogP contribution in [0, 0.1) is 0 Å². The summed E-state index contributed by atoms with van der Waals surface area (Å²) in [5.74, 6) is 0.00815. The lowest BCUT2D eigenvalue weighted by Gasteiger charge is -2.12. The number of nitrogens with zero attached hydrogens (tertiary/aromatic N) is 1. The molecule has 0 saturated heterocycles. The molecule has 0 aliphatic heterocycles. The van der Waals surface area contributed by atoms with E-state index >= 15 is 0 Å². The minimum absolute atomic E-state index is 0.00815. The standard InChI is InChI=1S/C15H15ClN2OS/c1-11(20-14-6-4-13(16)5-7-14)15(19)18-10-12-3-2-8-17-9-12/h2-9,11H,10H2,1H3,(H,18,19)/t11-/m0/s1. The van der Waals surface area contributed by atoms with Crippen molar-refractivity contribution in [3.63, 3.8) is 0 Å². The van der Waals surface area contributed by atoms with Crippen molar-refractivity contribution in [1.82, 2.24) is 10.3 Å². The first kappa shape index (κ1) is 14.9. The molecule has 2 rings (SSSR count). The molecule has 0 radical (unpaired) electrons. The van der Waals surface area contributed by atoms with Crippen molar-refractivity contribution in [2.75, 3.05) is 0 Å². The van der Waals surface area contributed by atoms with E-state index in [1.54, 1.807) is 12.4 Å². The molecule has 5 heteroatoms. The van der Waals surface area contributed by atoms with Gasteiger partial charge in [-0.25, -0.2) is 0 Å². The van der Waals surface area contributed by atoms with Gasteiger partial charge in [0.05, 0.1) is 5.25 Å². The summed E-state index contributed by atoms with van der Waals surface area (Å²) in [5, 5.41) is 3.44. The predicted octanol–water partition coefficient (Wildman–Crippen LogP) is 3.53. The summed E-state index contributed by atoms with van der Waals surface area (Å²) in [6.07, 6.45) is 3.46. The first-order valence-corrected chi connectivity index (χ1v) is 7.50. The summed E-state index contributed by atoms with van der Waals surface area (Å²) in [6.45, 7) is 2.38. The molecule has 2 aromatic rings. The Bertz CT molecular complexity index is 560. The van der Waals surface area contributed by atoms with Crippen molar-refractivity contribution >= 4 is 29.3 Å². The minimum atomic E-state index is -0.159. The van der Waals surface area contributed by atoms with Crippen molar-refractivity contribution in [3.8, 4) is 0 Å². The van der Waals surface area contributed by atoms with Gasteiger partial charge in [-0.15, -0.1) is 11.8 Å². The molecule has 0 aliphatic carbocycles. The summed E-state index contributed by atoms with van der Waals surface area (Å²) in [7, 11) is 0. The Balaban J connectivity index is 1.84. The highest BCUT2D eigenvalue weighted by atomic mass is 35.5. The Hall–Kier alpha value is -1.52. The molecule has 1 amide bonds. The van der Waals surface area contributed by atoms with Crippen LogP contribution in [0.5, 0.6) is 0 Å². The third kappa shape index (κ3) is 4.54. The Morgan fingerprint density at radius 1 is 1.35 bits per heavy atom. The van der Waals surface area contributed by atoms with Crippen LogP contribution in [0.25, 0.3) is 0 Å². The van der Waals surface area contributed by atoms with Crippen LogP contribution >= 0.6 is 23.4 Å². The zero-order valence-corrected chi connectivity index (χ0v) is 12.6. The third-order valence-electron chi connectivity index (χ3n) is 2.69. The Morgan fingerprint density at radius 2 is 2.10 bits per heavy atom. The van der Waals surface area contributed by atoms with E-state index in [-0.39, 0.29) is 11.2 Å². The first-order chi connectivity index (χ1) is 9.65. The van der Waals surface area contributed by atoms with Gasteiger partial charge in [0.25, 0.3) is 0 Å². The van der Waals surface area contributed by atoms with E-state index in [9.17, 15) is 4.79 Å². The van der Waals surface area contributed by atoms with Crippen molar-refractivity contribution in [2.24, 2.45) is 0 Å². The Morgan fingerprint density at radius 3 is 2.75 bits per heavy atom. The van der Waals surface area contributed by atoms with Gasteiger partial charge < -0.3 is 5.32 Å². The Kier molecular flexibility index (Phi) is 5.44. The topological polar surface area (TPSA) is 42.0 Å². The molecular formula is C15H15ClN2OS. The number of aromatic nitrogens is 1. The molecule has 1 atom stereocenters. The molecule has 1 heterocycles. The molecule has 0 fully saturated rings. The van der Waals surface area contributed by atoms with Crippen molar-refractivity contribution in [3.05, 3.63) is 59.4 Å². The average Bonchev–Trinajstić information content (AvgIpc) is 2.48. The van der Waals surface area contributed by atoms with Crippen molar-refractivity contribution < 1.29 is 4.79 Å². The molecular weight excluding hydrogens is 292 g/mol. The van der Waals surface area contributed by atoms with Crippen LogP contribution in [0.15, 0.2) is 53.7 Å². The summed E-state index contributed by atoms with van der Waals surface area (Å²) >= 11 is 7.34. The summed E-state index contributed by atoms with van der Waals surface area (Å²) in [5.41, 5.74) is 0.990. The number of pyridine rings is 1. The van der Waals surface area contributed by atoms with Crippen LogP contribution in [-0.4, -0.2) is 16.1 Å². The number of carbonyl (C=O) groups is 1. The maximum absolute atomic E-state index is 12.0. The zero-order chi connectivity index (χ0) is 14.4. The SMILES string of the molecule is C[C@H](Sc1ccc(Cl)cc1)C(=O)NCc1cccnc1. The fraction of sp³-hybridized carbons (Fsp3) is 0.200. The zero-order valence-electron chi connectivity index (χ0n) is 11.0. The van der Waals surface area contributed by atoms with Crippen LogP contribution in [0.4, 0.5) is 0 Å². The number of hydrogen-bond donors (Lipinski definition) is 1. The van der Waals surface area contributed by atoms with Crippen molar-refractivity contribution in [2.45, 2.75) is 23.6 Å². The molecule has 3 nitrogen and oxygen atoms in total. The van der Waals surface area contributed by atoms with E-state index < -0.39 is 0 Å². The normalized spacial score (nSPS) is 11.9. The van der Waals surface area contributed by atoms with Crippen LogP contribution in [0.2, 0.25) is 5.02 Å². The van der Waals surface area contributed by atoms with Crippen LogP contribution in [0.1, 0.15) is 12.5 Å². The van der Waals surface area contributed by atoms with Gasteiger partial charge in [0, 0.05) is 28.9 Å². The average molecular weight is 307 g/mol. The highest BCUT2D eigenvalue weighted by Crippen LogP contribution is 2.24. The fourth-order valence-corrected chi connectivity index (χ4v) is 2.62. The number of rotatable bonds is 5. The largest absolute Gasteiger partial charge is 0.351 e. The highest BCUT2D eigenvalue weighted by molar-refractivity contribution is 8.00. The van der Waals surface area contributed by atoms with Crippen LogP contribution < -0.4 is 5.32 Å². The van der Waals surface area contributed by atoms with E-state index in [1.165, 1.54) is 11.8 Å². The molecule has 104 valence electrons. The molecule has 0 spiro atoms. The quantitative estimate of drug-likeness (QED) is 0.859. The molecule has 1 aromatic carbocycles. The third-order valence-corrected chi connectivity index (χ3v) is 4.05. The number of hydrogen-bond acceptors (Lipinski definition) is 3. The lowest BCUT2D eigenvalue weighted by Crippen LogP contribution is -2.30. The van der Waals surface area contributed by atoms with Gasteiger partial charge in [0.15, 0.2) is 0 Å². The number of amides is 1. The number of benzene rings is 1. The monoisotopic (exact) mass is 306 g/mol. The second-order valence-corrected chi connectivity index (χ2v) is 6.14.